The molecule has 0 N–H and O–H groups in total. The molecule has 1 saturated heterocycles. The van der Waals surface area contributed by atoms with Crippen LogP contribution in [0.3, 0.4) is 0 Å². The Balaban J connectivity index is 1.93. The van der Waals surface area contributed by atoms with Crippen LogP contribution in [0, 0.1) is 0 Å². The van der Waals surface area contributed by atoms with E-state index < -0.39 is 0 Å². The third-order valence-electron chi connectivity index (χ3n) is 3.26. The number of ether oxygens (including phenoxy) is 1. The van der Waals surface area contributed by atoms with E-state index in [1.54, 1.807) is 0 Å². The maximum atomic E-state index is 11.9. The van der Waals surface area contributed by atoms with Gasteiger partial charge in [-0.2, -0.15) is 0 Å². The van der Waals surface area contributed by atoms with Crippen LogP contribution in [0.5, 0.6) is 0 Å². The van der Waals surface area contributed by atoms with E-state index in [0.717, 1.165) is 37.4 Å². The summed E-state index contributed by atoms with van der Waals surface area (Å²) in [6.45, 7) is 3.84. The number of rotatable bonds is 2. The first-order chi connectivity index (χ1) is 8.84. The van der Waals surface area contributed by atoms with Crippen LogP contribution in [0.1, 0.15) is 5.56 Å². The summed E-state index contributed by atoms with van der Waals surface area (Å²) in [4.78, 5) is 14.1. The molecule has 2 heterocycles. The minimum absolute atomic E-state index is 0.220. The van der Waals surface area contributed by atoms with E-state index >= 15 is 0 Å². The van der Waals surface area contributed by atoms with Gasteiger partial charge in [0.05, 0.1) is 18.8 Å². The van der Waals surface area contributed by atoms with Gasteiger partial charge in [0.15, 0.2) is 0 Å². The summed E-state index contributed by atoms with van der Waals surface area (Å²) in [6, 6.07) is 9.51. The van der Waals surface area contributed by atoms with Gasteiger partial charge in [-0.25, -0.2) is 4.79 Å². The molecule has 1 aliphatic carbocycles. The van der Waals surface area contributed by atoms with Gasteiger partial charge in [-0.05, 0) is 6.07 Å². The first-order valence-electron chi connectivity index (χ1n) is 6.15. The second-order valence-electron chi connectivity index (χ2n) is 4.45. The molecule has 4 nitrogen and oxygen atoms in total. The predicted molar refractivity (Wildman–Crippen MR) is 67.7 cm³/mol. The molecule has 2 aliphatic heterocycles. The van der Waals surface area contributed by atoms with Crippen molar-refractivity contribution in [1.82, 2.24) is 4.90 Å². The molecule has 0 saturated carbocycles. The molecule has 18 heavy (non-hydrogen) atoms. The summed E-state index contributed by atoms with van der Waals surface area (Å²) in [5, 5.41) is 0. The number of furan rings is 1. The largest absolute Gasteiger partial charge is 0.422 e. The fraction of sp³-hybridized carbons (Fsp3) is 0.357. The lowest BCUT2D eigenvalue weighted by molar-refractivity contribution is 0.0340. The molecular weight excluding hydrogens is 230 g/mol. The van der Waals surface area contributed by atoms with Gasteiger partial charge in [0.25, 0.3) is 0 Å². The number of hydrogen-bond acceptors (Lipinski definition) is 4. The fourth-order valence-corrected chi connectivity index (χ4v) is 2.27. The average Bonchev–Trinajstić information content (AvgIpc) is 2.56. The maximum absolute atomic E-state index is 11.9. The molecule has 3 aliphatic rings. The minimum Gasteiger partial charge on any atom is -0.422 e. The maximum Gasteiger partial charge on any atom is 0.341 e. The highest BCUT2D eigenvalue weighted by atomic mass is 16.5. The van der Waals surface area contributed by atoms with E-state index in [0.29, 0.717) is 12.3 Å². The topological polar surface area (TPSA) is 42.7 Å². The third-order valence-corrected chi connectivity index (χ3v) is 3.26. The molecule has 0 aromatic rings. The second kappa shape index (κ2) is 4.92. The van der Waals surface area contributed by atoms with Crippen LogP contribution in [0.15, 0.2) is 39.5 Å². The summed E-state index contributed by atoms with van der Waals surface area (Å²) in [6.07, 6.45) is 0. The van der Waals surface area contributed by atoms with Crippen molar-refractivity contribution in [2.24, 2.45) is 0 Å². The minimum atomic E-state index is -0.220. The molecule has 4 heteroatoms. The molecule has 0 aromatic carbocycles. The number of hydrogen-bond donors (Lipinski definition) is 0. The summed E-state index contributed by atoms with van der Waals surface area (Å²) in [5.41, 5.74) is 1.45. The van der Waals surface area contributed by atoms with Gasteiger partial charge >= 0.3 is 5.63 Å². The van der Waals surface area contributed by atoms with Crippen LogP contribution < -0.4 is 5.63 Å². The van der Waals surface area contributed by atoms with E-state index in [1.807, 2.05) is 30.3 Å². The molecule has 0 atom stereocenters. The van der Waals surface area contributed by atoms with Crippen LogP contribution >= 0.6 is 0 Å². The Morgan fingerprint density at radius 1 is 1.11 bits per heavy atom. The molecule has 94 valence electrons. The van der Waals surface area contributed by atoms with Crippen LogP contribution in [-0.4, -0.2) is 31.2 Å². The molecule has 3 rings (SSSR count). The van der Waals surface area contributed by atoms with Gasteiger partial charge in [-0.15, -0.1) is 0 Å². The Bertz CT molecular complexity index is 557. The first-order valence-corrected chi connectivity index (χ1v) is 6.15. The van der Waals surface area contributed by atoms with Crippen molar-refractivity contribution in [3.05, 3.63) is 46.3 Å². The second-order valence-corrected chi connectivity index (χ2v) is 4.45. The van der Waals surface area contributed by atoms with E-state index in [-0.39, 0.29) is 5.63 Å². The number of nitrogens with zero attached hydrogens (tertiary/aromatic N) is 1. The van der Waals surface area contributed by atoms with Crippen molar-refractivity contribution in [2.45, 2.75) is 6.54 Å². The standard InChI is InChI=1S/C14H15NO3/c16-14-12(10-15-6-8-17-9-7-15)11-4-2-1-3-5-13(11)18-14/h1-5H,6-10H2. The SMILES string of the molecule is O=c1oc2cccccc-2c1CN1CCOCC1. The first kappa shape index (κ1) is 11.4. The number of fused-ring (bicyclic) bond motifs is 1. The Morgan fingerprint density at radius 3 is 2.72 bits per heavy atom. The van der Waals surface area contributed by atoms with Gasteiger partial charge in [-0.3, -0.25) is 4.90 Å². The molecular formula is C14H15NO3. The van der Waals surface area contributed by atoms with Gasteiger partial charge in [0.2, 0.25) is 0 Å². The summed E-state index contributed by atoms with van der Waals surface area (Å²) < 4.78 is 10.6. The van der Waals surface area contributed by atoms with Gasteiger partial charge in [-0.1, -0.05) is 24.3 Å². The predicted octanol–water partition coefficient (Wildman–Crippen LogP) is 1.58. The Labute approximate surface area is 105 Å². The summed E-state index contributed by atoms with van der Waals surface area (Å²) in [5.74, 6) is 0.660. The van der Waals surface area contributed by atoms with Crippen LogP contribution in [-0.2, 0) is 11.3 Å². The zero-order valence-electron chi connectivity index (χ0n) is 10.1. The van der Waals surface area contributed by atoms with Crippen molar-refractivity contribution in [3.8, 4) is 11.3 Å². The van der Waals surface area contributed by atoms with Crippen molar-refractivity contribution in [3.63, 3.8) is 0 Å². The lowest BCUT2D eigenvalue weighted by atomic mass is 10.1. The van der Waals surface area contributed by atoms with Gasteiger partial charge < -0.3 is 9.15 Å². The van der Waals surface area contributed by atoms with E-state index in [9.17, 15) is 4.79 Å². The van der Waals surface area contributed by atoms with E-state index in [1.165, 1.54) is 0 Å². The highest BCUT2D eigenvalue weighted by molar-refractivity contribution is 5.62. The Morgan fingerprint density at radius 2 is 1.89 bits per heavy atom. The smallest absolute Gasteiger partial charge is 0.341 e. The van der Waals surface area contributed by atoms with Crippen molar-refractivity contribution >= 4 is 0 Å². The highest BCUT2D eigenvalue weighted by Crippen LogP contribution is 2.24. The molecule has 0 bridgehead atoms. The Kier molecular flexibility index (Phi) is 3.13. The normalized spacial score (nSPS) is 17.1. The quantitative estimate of drug-likeness (QED) is 0.805. The molecule has 0 amide bonds. The zero-order chi connectivity index (χ0) is 12.4. The van der Waals surface area contributed by atoms with Gasteiger partial charge in [0, 0.05) is 25.2 Å². The van der Waals surface area contributed by atoms with E-state index in [4.69, 9.17) is 9.15 Å². The molecule has 0 aromatic heterocycles. The molecule has 0 radical (unpaired) electrons. The van der Waals surface area contributed by atoms with Crippen LogP contribution in [0.4, 0.5) is 0 Å². The average molecular weight is 245 g/mol. The number of morpholine rings is 1. The lowest BCUT2D eigenvalue weighted by Gasteiger charge is -2.25. The van der Waals surface area contributed by atoms with Gasteiger partial charge in [0.1, 0.15) is 5.76 Å². The monoisotopic (exact) mass is 245 g/mol. The van der Waals surface area contributed by atoms with Crippen molar-refractivity contribution in [1.29, 1.82) is 0 Å². The van der Waals surface area contributed by atoms with Crippen molar-refractivity contribution in [2.75, 3.05) is 26.3 Å². The van der Waals surface area contributed by atoms with Crippen LogP contribution in [0.25, 0.3) is 11.3 Å². The zero-order valence-corrected chi connectivity index (χ0v) is 10.1. The van der Waals surface area contributed by atoms with Crippen LogP contribution in [0.2, 0.25) is 0 Å². The molecule has 0 unspecified atom stereocenters. The molecule has 0 spiro atoms. The fourth-order valence-electron chi connectivity index (χ4n) is 2.27. The molecule has 1 fully saturated rings. The Hall–Kier alpha value is -1.65. The summed E-state index contributed by atoms with van der Waals surface area (Å²) >= 11 is 0. The lowest BCUT2D eigenvalue weighted by Crippen LogP contribution is -2.36. The third kappa shape index (κ3) is 2.17. The highest BCUT2D eigenvalue weighted by Gasteiger charge is 2.20. The van der Waals surface area contributed by atoms with E-state index in [2.05, 4.69) is 4.90 Å². The summed E-state index contributed by atoms with van der Waals surface area (Å²) in [7, 11) is 0. The van der Waals surface area contributed by atoms with Crippen molar-refractivity contribution < 1.29 is 9.15 Å².